The highest BCUT2D eigenvalue weighted by atomic mass is 32.1. The molecule has 4 heterocycles. The number of piperidine rings is 1. The number of rotatable bonds is 6. The Morgan fingerprint density at radius 1 is 1.08 bits per heavy atom. The molecule has 2 aliphatic heterocycles. The summed E-state index contributed by atoms with van der Waals surface area (Å²) in [4.78, 5) is 25.2. The molecule has 1 aliphatic carbocycles. The molecule has 0 spiro atoms. The number of hydrogen-bond acceptors (Lipinski definition) is 10. The lowest BCUT2D eigenvalue weighted by atomic mass is 9.93. The van der Waals surface area contributed by atoms with Crippen LogP contribution in [-0.2, 0) is 4.79 Å². The molecule has 1 aromatic carbocycles. The molecule has 7 atom stereocenters. The van der Waals surface area contributed by atoms with Gasteiger partial charge < -0.3 is 20.6 Å². The molecule has 2 saturated heterocycles. The van der Waals surface area contributed by atoms with Crippen LogP contribution in [-0.4, -0.2) is 86.5 Å². The largest absolute Gasteiger partial charge is 0.396 e. The summed E-state index contributed by atoms with van der Waals surface area (Å²) >= 11 is 1.49. The van der Waals surface area contributed by atoms with Gasteiger partial charge in [0.2, 0.25) is 5.91 Å². The lowest BCUT2D eigenvalue weighted by Crippen LogP contribution is -2.71. The molecule has 0 radical (unpaired) electrons. The first-order valence-electron chi connectivity index (χ1n) is 13.3. The van der Waals surface area contributed by atoms with E-state index in [1.54, 1.807) is 0 Å². The molecule has 1 saturated carbocycles. The van der Waals surface area contributed by atoms with Crippen molar-refractivity contribution in [3.8, 4) is 0 Å². The van der Waals surface area contributed by atoms with E-state index in [1.165, 1.54) is 11.3 Å². The van der Waals surface area contributed by atoms with Gasteiger partial charge in [0.1, 0.15) is 17.2 Å². The second-order valence-corrected chi connectivity index (χ2v) is 11.6. The van der Waals surface area contributed by atoms with Gasteiger partial charge in [0.05, 0.1) is 28.6 Å². The molecule has 3 fully saturated rings. The third-order valence-electron chi connectivity index (χ3n) is 8.24. The molecule has 3 aromatic rings. The Morgan fingerprint density at radius 2 is 1.87 bits per heavy atom. The van der Waals surface area contributed by atoms with Crippen molar-refractivity contribution in [3.05, 3.63) is 59.4 Å². The van der Waals surface area contributed by atoms with Gasteiger partial charge in [-0.15, -0.1) is 11.3 Å². The van der Waals surface area contributed by atoms with Gasteiger partial charge in [-0.25, -0.2) is 4.98 Å². The van der Waals surface area contributed by atoms with Gasteiger partial charge in [0, 0.05) is 49.5 Å². The number of aliphatic hydroxyl groups is 3. The molecule has 2 aromatic heterocycles. The van der Waals surface area contributed by atoms with Crippen molar-refractivity contribution in [1.82, 2.24) is 30.8 Å². The molecule has 6 rings (SSSR count). The van der Waals surface area contributed by atoms with Crippen LogP contribution in [0.4, 0.5) is 0 Å². The second kappa shape index (κ2) is 10.9. The van der Waals surface area contributed by atoms with Gasteiger partial charge in [-0.1, -0.05) is 18.2 Å². The zero-order valence-corrected chi connectivity index (χ0v) is 21.8. The van der Waals surface area contributed by atoms with Crippen molar-refractivity contribution >= 4 is 27.5 Å². The van der Waals surface area contributed by atoms with Gasteiger partial charge >= 0.3 is 0 Å². The summed E-state index contributed by atoms with van der Waals surface area (Å²) in [6.07, 6.45) is 1.16. The number of para-hydroxylation sites is 1. The number of hydrogen-bond donors (Lipinski definition) is 6. The van der Waals surface area contributed by atoms with Crippen LogP contribution >= 0.6 is 11.3 Å². The molecule has 38 heavy (non-hydrogen) atoms. The Hall–Kier alpha value is -2.51. The fourth-order valence-electron chi connectivity index (χ4n) is 6.08. The molecule has 11 heteroatoms. The number of amides is 1. The first-order chi connectivity index (χ1) is 18.5. The lowest BCUT2D eigenvalue weighted by molar-refractivity contribution is -0.130. The topological polar surface area (TPSA) is 143 Å². The SMILES string of the molecule is O=C1NC(N2CCC(c3ccccn3)CC2)NC(N[C@@H]2C[C@H](CO)[C@@H](O)[C@H]2O)C1c1nc2ccccc2s1. The lowest BCUT2D eigenvalue weighted by Gasteiger charge is -2.45. The zero-order chi connectivity index (χ0) is 26.2. The van der Waals surface area contributed by atoms with E-state index < -0.39 is 36.3 Å². The third kappa shape index (κ3) is 4.95. The van der Waals surface area contributed by atoms with Crippen molar-refractivity contribution < 1.29 is 20.1 Å². The van der Waals surface area contributed by atoms with Gasteiger partial charge in [-0.3, -0.25) is 25.3 Å². The van der Waals surface area contributed by atoms with E-state index in [2.05, 4.69) is 31.9 Å². The minimum absolute atomic E-state index is 0.135. The van der Waals surface area contributed by atoms with Crippen LogP contribution in [0.3, 0.4) is 0 Å². The number of fused-ring (bicyclic) bond motifs is 1. The number of nitrogens with one attached hydrogen (secondary N) is 3. The maximum absolute atomic E-state index is 13.6. The van der Waals surface area contributed by atoms with E-state index in [1.807, 2.05) is 42.6 Å². The molecule has 3 unspecified atom stereocenters. The molecular weight excluding hydrogens is 504 g/mol. The van der Waals surface area contributed by atoms with E-state index in [4.69, 9.17) is 4.98 Å². The summed E-state index contributed by atoms with van der Waals surface area (Å²) in [6, 6.07) is 13.4. The van der Waals surface area contributed by atoms with Crippen molar-refractivity contribution in [2.45, 2.75) is 61.8 Å². The number of nitrogens with zero attached hydrogens (tertiary/aromatic N) is 3. The molecule has 6 N–H and O–H groups in total. The normalized spacial score (nSPS) is 33.0. The number of aromatic nitrogens is 2. The number of aliphatic hydroxyl groups excluding tert-OH is 3. The number of benzene rings is 1. The highest BCUT2D eigenvalue weighted by molar-refractivity contribution is 7.18. The maximum Gasteiger partial charge on any atom is 0.235 e. The Balaban J connectivity index is 1.22. The number of carbonyl (C=O) groups excluding carboxylic acids is 1. The molecule has 10 nitrogen and oxygen atoms in total. The highest BCUT2D eigenvalue weighted by Gasteiger charge is 2.46. The van der Waals surface area contributed by atoms with Crippen LogP contribution in [0, 0.1) is 5.92 Å². The monoisotopic (exact) mass is 538 g/mol. The highest BCUT2D eigenvalue weighted by Crippen LogP contribution is 2.34. The fraction of sp³-hybridized carbons (Fsp3) is 0.519. The molecule has 0 bridgehead atoms. The summed E-state index contributed by atoms with van der Waals surface area (Å²) in [5.74, 6) is -0.778. The van der Waals surface area contributed by atoms with Gasteiger partial charge in [-0.2, -0.15) is 0 Å². The quantitative estimate of drug-likeness (QED) is 0.267. The van der Waals surface area contributed by atoms with Crippen molar-refractivity contribution in [1.29, 1.82) is 0 Å². The van der Waals surface area contributed by atoms with Gasteiger partial charge in [0.25, 0.3) is 0 Å². The number of carbonyl (C=O) groups is 1. The minimum Gasteiger partial charge on any atom is -0.396 e. The second-order valence-electron chi connectivity index (χ2n) is 10.6. The Kier molecular flexibility index (Phi) is 7.41. The average Bonchev–Trinajstić information content (AvgIpc) is 3.49. The summed E-state index contributed by atoms with van der Waals surface area (Å²) in [5.41, 5.74) is 1.95. The van der Waals surface area contributed by atoms with E-state index in [9.17, 15) is 20.1 Å². The predicted molar refractivity (Wildman–Crippen MR) is 143 cm³/mol. The van der Waals surface area contributed by atoms with Gasteiger partial charge in [0.15, 0.2) is 0 Å². The van der Waals surface area contributed by atoms with Gasteiger partial charge in [-0.05, 0) is 43.5 Å². The van der Waals surface area contributed by atoms with Crippen LogP contribution in [0.2, 0.25) is 0 Å². The molecule has 3 aliphatic rings. The Morgan fingerprint density at radius 3 is 2.58 bits per heavy atom. The summed E-state index contributed by atoms with van der Waals surface area (Å²) in [5, 5.41) is 41.6. The summed E-state index contributed by atoms with van der Waals surface area (Å²) < 4.78 is 1.00. The first kappa shape index (κ1) is 25.8. The van der Waals surface area contributed by atoms with E-state index in [0.717, 1.165) is 41.8 Å². The minimum atomic E-state index is -1.04. The number of likely N-dealkylation sites (tertiary alicyclic amines) is 1. The summed E-state index contributed by atoms with van der Waals surface area (Å²) in [6.45, 7) is 1.40. The maximum atomic E-state index is 13.6. The third-order valence-corrected chi connectivity index (χ3v) is 9.36. The van der Waals surface area contributed by atoms with E-state index >= 15 is 0 Å². The van der Waals surface area contributed by atoms with Crippen LogP contribution in [0.15, 0.2) is 48.7 Å². The average molecular weight is 539 g/mol. The van der Waals surface area contributed by atoms with Crippen molar-refractivity contribution in [3.63, 3.8) is 0 Å². The van der Waals surface area contributed by atoms with Crippen LogP contribution < -0.4 is 16.0 Å². The van der Waals surface area contributed by atoms with Crippen LogP contribution in [0.1, 0.15) is 41.8 Å². The van der Waals surface area contributed by atoms with Crippen molar-refractivity contribution in [2.75, 3.05) is 19.7 Å². The molecule has 202 valence electrons. The summed E-state index contributed by atoms with van der Waals surface area (Å²) in [7, 11) is 0. The van der Waals surface area contributed by atoms with Crippen LogP contribution in [0.5, 0.6) is 0 Å². The fourth-order valence-corrected chi connectivity index (χ4v) is 7.18. The van der Waals surface area contributed by atoms with Crippen LogP contribution in [0.25, 0.3) is 10.2 Å². The number of thiazole rings is 1. The number of pyridine rings is 1. The standard InChI is InChI=1S/C27H34N6O4S/c34-14-16-13-19(23(36)22(16)35)29-24-21(26-30-18-6-1-2-7-20(18)38-26)25(37)32-27(31-24)33-11-8-15(9-12-33)17-5-3-4-10-28-17/h1-7,10,15-16,19,21-24,27,29,31,34-36H,8-9,11-14H2,(H,32,37)/t16-,19-,21?,22-,23+,24?,27?/m1/s1. The Bertz CT molecular complexity index is 1220. The van der Waals surface area contributed by atoms with E-state index in [0.29, 0.717) is 17.3 Å². The van der Waals surface area contributed by atoms with Crippen molar-refractivity contribution in [2.24, 2.45) is 5.92 Å². The molecular formula is C27H34N6O4S. The zero-order valence-electron chi connectivity index (χ0n) is 21.0. The van der Waals surface area contributed by atoms with E-state index in [-0.39, 0.29) is 18.8 Å². The molecule has 1 amide bonds. The first-order valence-corrected chi connectivity index (χ1v) is 14.1. The predicted octanol–water partition coefficient (Wildman–Crippen LogP) is 0.676. The smallest absolute Gasteiger partial charge is 0.235 e. The Labute approximate surface area is 225 Å².